The van der Waals surface area contributed by atoms with E-state index in [1.54, 1.807) is 6.07 Å². The minimum atomic E-state index is -0.779. The van der Waals surface area contributed by atoms with Gasteiger partial charge in [0, 0.05) is 6.07 Å². The van der Waals surface area contributed by atoms with Crippen LogP contribution in [0.3, 0.4) is 0 Å². The molecular formula is C21H22FNO2. The lowest BCUT2D eigenvalue weighted by atomic mass is 9.79. The highest BCUT2D eigenvalue weighted by atomic mass is 19.1. The van der Waals surface area contributed by atoms with Crippen LogP contribution in [-0.4, -0.2) is 4.92 Å². The van der Waals surface area contributed by atoms with E-state index in [1.807, 2.05) is 6.07 Å². The molecule has 2 aromatic rings. The normalized spacial score (nSPS) is 20.2. The van der Waals surface area contributed by atoms with Crippen molar-refractivity contribution in [3.05, 3.63) is 81.7 Å². The van der Waals surface area contributed by atoms with Crippen molar-refractivity contribution in [1.82, 2.24) is 0 Å². The zero-order chi connectivity index (χ0) is 17.8. The Balaban J connectivity index is 1.79. The van der Waals surface area contributed by atoms with E-state index in [2.05, 4.69) is 37.3 Å². The van der Waals surface area contributed by atoms with Gasteiger partial charge in [0.25, 0.3) is 0 Å². The molecule has 3 rings (SSSR count). The maximum atomic E-state index is 13.6. The van der Waals surface area contributed by atoms with Gasteiger partial charge in [0.1, 0.15) is 0 Å². The van der Waals surface area contributed by atoms with Gasteiger partial charge in [-0.05, 0) is 60.3 Å². The van der Waals surface area contributed by atoms with E-state index < -0.39 is 16.4 Å². The predicted octanol–water partition coefficient (Wildman–Crippen LogP) is 5.80. The molecule has 25 heavy (non-hydrogen) atoms. The maximum Gasteiger partial charge on any atom is 0.305 e. The standard InChI is InChI=1S/C21H22FNO2/c1-15-11-17(8-7-16-5-3-2-4-6-16)13-19(12-15)18-9-10-20(22)21(14-18)23(24)25/h2-6,9-10,13-15,17H,7-8,11-12H2,1H3. The molecule has 0 saturated carbocycles. The molecule has 130 valence electrons. The summed E-state index contributed by atoms with van der Waals surface area (Å²) in [4.78, 5) is 10.3. The van der Waals surface area contributed by atoms with Crippen LogP contribution in [0.25, 0.3) is 5.57 Å². The van der Waals surface area contributed by atoms with E-state index in [0.717, 1.165) is 36.8 Å². The largest absolute Gasteiger partial charge is 0.305 e. The second-order valence-electron chi connectivity index (χ2n) is 6.94. The van der Waals surface area contributed by atoms with E-state index >= 15 is 0 Å². The molecule has 1 aliphatic rings. The average Bonchev–Trinajstić information content (AvgIpc) is 2.60. The number of halogens is 1. The van der Waals surface area contributed by atoms with Crippen LogP contribution < -0.4 is 0 Å². The lowest BCUT2D eigenvalue weighted by Crippen LogP contribution is -2.13. The van der Waals surface area contributed by atoms with Crippen molar-refractivity contribution in [3.8, 4) is 0 Å². The van der Waals surface area contributed by atoms with Crippen LogP contribution in [0, 0.1) is 27.8 Å². The number of allylic oxidation sites excluding steroid dienone is 2. The minimum absolute atomic E-state index is 0.447. The Morgan fingerprint density at radius 2 is 1.96 bits per heavy atom. The SMILES string of the molecule is CC1CC(c2ccc(F)c([N+](=O)[O-])c2)=CC(CCc2ccccc2)C1. The highest BCUT2D eigenvalue weighted by Gasteiger charge is 2.22. The summed E-state index contributed by atoms with van der Waals surface area (Å²) < 4.78 is 13.6. The van der Waals surface area contributed by atoms with Crippen LogP contribution in [0.2, 0.25) is 0 Å². The zero-order valence-electron chi connectivity index (χ0n) is 14.3. The molecule has 4 heteroatoms. The molecule has 2 aromatic carbocycles. The summed E-state index contributed by atoms with van der Waals surface area (Å²) in [7, 11) is 0. The molecule has 0 amide bonds. The third kappa shape index (κ3) is 4.32. The van der Waals surface area contributed by atoms with Gasteiger partial charge in [-0.1, -0.05) is 49.4 Å². The molecule has 3 nitrogen and oxygen atoms in total. The molecule has 0 bridgehead atoms. The summed E-state index contributed by atoms with van der Waals surface area (Å²) in [5, 5.41) is 11.0. The first-order valence-electron chi connectivity index (χ1n) is 8.72. The number of rotatable bonds is 5. The molecule has 0 fully saturated rings. The number of hydrogen-bond donors (Lipinski definition) is 0. The highest BCUT2D eigenvalue weighted by molar-refractivity contribution is 5.68. The summed E-state index contributed by atoms with van der Waals surface area (Å²) in [6.45, 7) is 2.21. The van der Waals surface area contributed by atoms with Crippen LogP contribution in [0.1, 0.15) is 37.3 Å². The van der Waals surface area contributed by atoms with Gasteiger partial charge in [0.2, 0.25) is 5.82 Å². The first-order chi connectivity index (χ1) is 12.0. The summed E-state index contributed by atoms with van der Waals surface area (Å²) in [5.41, 5.74) is 2.75. The Morgan fingerprint density at radius 3 is 2.68 bits per heavy atom. The summed E-state index contributed by atoms with van der Waals surface area (Å²) in [6, 6.07) is 14.6. The smallest absolute Gasteiger partial charge is 0.258 e. The lowest BCUT2D eigenvalue weighted by molar-refractivity contribution is -0.387. The Bertz CT molecular complexity index is 786. The minimum Gasteiger partial charge on any atom is -0.258 e. The van der Waals surface area contributed by atoms with Crippen LogP contribution >= 0.6 is 0 Å². The van der Waals surface area contributed by atoms with Gasteiger partial charge in [-0.15, -0.1) is 0 Å². The summed E-state index contributed by atoms with van der Waals surface area (Å²) >= 11 is 0. The van der Waals surface area contributed by atoms with Crippen LogP contribution in [0.5, 0.6) is 0 Å². The molecule has 2 atom stereocenters. The summed E-state index contributed by atoms with van der Waals surface area (Å²) in [5.74, 6) is 0.187. The quantitative estimate of drug-likeness (QED) is 0.510. The van der Waals surface area contributed by atoms with E-state index in [9.17, 15) is 14.5 Å². The van der Waals surface area contributed by atoms with Crippen molar-refractivity contribution in [2.75, 3.05) is 0 Å². The number of nitro groups is 1. The Kier molecular flexibility index (Phi) is 5.27. The first kappa shape index (κ1) is 17.3. The van der Waals surface area contributed by atoms with Crippen molar-refractivity contribution < 1.29 is 9.31 Å². The molecule has 0 saturated heterocycles. The molecule has 1 aliphatic carbocycles. The van der Waals surface area contributed by atoms with Gasteiger partial charge in [-0.25, -0.2) is 0 Å². The number of hydrogen-bond acceptors (Lipinski definition) is 2. The van der Waals surface area contributed by atoms with Crippen LogP contribution in [-0.2, 0) is 6.42 Å². The molecule has 0 aromatic heterocycles. The monoisotopic (exact) mass is 339 g/mol. The molecule has 0 N–H and O–H groups in total. The molecule has 0 radical (unpaired) electrons. The molecular weight excluding hydrogens is 317 g/mol. The molecule has 0 aliphatic heterocycles. The predicted molar refractivity (Wildman–Crippen MR) is 97.7 cm³/mol. The highest BCUT2D eigenvalue weighted by Crippen LogP contribution is 2.36. The van der Waals surface area contributed by atoms with Crippen LogP contribution in [0.15, 0.2) is 54.6 Å². The zero-order valence-corrected chi connectivity index (χ0v) is 14.3. The van der Waals surface area contributed by atoms with Crippen molar-refractivity contribution in [1.29, 1.82) is 0 Å². The van der Waals surface area contributed by atoms with Crippen molar-refractivity contribution >= 4 is 11.3 Å². The number of benzene rings is 2. The molecule has 2 unspecified atom stereocenters. The Hall–Kier alpha value is -2.49. The fourth-order valence-corrected chi connectivity index (χ4v) is 3.66. The topological polar surface area (TPSA) is 43.1 Å². The first-order valence-corrected chi connectivity index (χ1v) is 8.72. The molecule has 0 heterocycles. The Labute approximate surface area is 147 Å². The van der Waals surface area contributed by atoms with E-state index in [0.29, 0.717) is 11.8 Å². The summed E-state index contributed by atoms with van der Waals surface area (Å²) in [6.07, 6.45) is 6.32. The van der Waals surface area contributed by atoms with Crippen molar-refractivity contribution in [3.63, 3.8) is 0 Å². The fraction of sp³-hybridized carbons (Fsp3) is 0.333. The van der Waals surface area contributed by atoms with E-state index in [1.165, 1.54) is 17.7 Å². The van der Waals surface area contributed by atoms with Gasteiger partial charge in [-0.2, -0.15) is 4.39 Å². The van der Waals surface area contributed by atoms with Gasteiger partial charge < -0.3 is 0 Å². The van der Waals surface area contributed by atoms with Crippen molar-refractivity contribution in [2.45, 2.75) is 32.6 Å². The van der Waals surface area contributed by atoms with Gasteiger partial charge in [-0.3, -0.25) is 10.1 Å². The third-order valence-electron chi connectivity index (χ3n) is 4.87. The second kappa shape index (κ2) is 7.60. The van der Waals surface area contributed by atoms with Crippen LogP contribution in [0.4, 0.5) is 10.1 Å². The number of nitrogens with zero attached hydrogens (tertiary/aromatic N) is 1. The van der Waals surface area contributed by atoms with E-state index in [-0.39, 0.29) is 0 Å². The number of nitro benzene ring substituents is 1. The lowest BCUT2D eigenvalue weighted by Gasteiger charge is -2.26. The third-order valence-corrected chi connectivity index (χ3v) is 4.87. The maximum absolute atomic E-state index is 13.6. The van der Waals surface area contributed by atoms with Gasteiger partial charge in [0.05, 0.1) is 4.92 Å². The van der Waals surface area contributed by atoms with Gasteiger partial charge >= 0.3 is 5.69 Å². The fourth-order valence-electron chi connectivity index (χ4n) is 3.66. The average molecular weight is 339 g/mol. The van der Waals surface area contributed by atoms with E-state index in [4.69, 9.17) is 0 Å². The van der Waals surface area contributed by atoms with Gasteiger partial charge in [0.15, 0.2) is 0 Å². The Morgan fingerprint density at radius 1 is 1.20 bits per heavy atom. The van der Waals surface area contributed by atoms with Crippen molar-refractivity contribution in [2.24, 2.45) is 11.8 Å². The molecule has 0 spiro atoms. The second-order valence-corrected chi connectivity index (χ2v) is 6.94. The number of aryl methyl sites for hydroxylation is 1.